The quantitative estimate of drug-likeness (QED) is 0.224. The van der Waals surface area contributed by atoms with Crippen LogP contribution in [-0.4, -0.2) is 12.6 Å². The predicted octanol–water partition coefficient (Wildman–Crippen LogP) is 8.70. The van der Waals surface area contributed by atoms with Gasteiger partial charge in [0, 0.05) is 25.2 Å². The molecular weight excluding hydrogens is 479 g/mol. The predicted molar refractivity (Wildman–Crippen MR) is 143 cm³/mol. The van der Waals surface area contributed by atoms with Crippen LogP contribution in [0.3, 0.4) is 0 Å². The average Bonchev–Trinajstić information content (AvgIpc) is 3.57. The van der Waals surface area contributed by atoms with Crippen molar-refractivity contribution in [1.29, 1.82) is 0 Å². The second-order valence-electron chi connectivity index (χ2n) is 7.78. The summed E-state index contributed by atoms with van der Waals surface area (Å²) in [5.74, 6) is 0. The van der Waals surface area contributed by atoms with Crippen molar-refractivity contribution in [3.05, 3.63) is 101 Å². The Balaban J connectivity index is 1.49. The lowest BCUT2D eigenvalue weighted by atomic mass is 10.1. The molecule has 2 aromatic heterocycles. The van der Waals surface area contributed by atoms with Gasteiger partial charge in [0.15, 0.2) is 12.6 Å². The normalized spacial score (nSPS) is 12.2. The van der Waals surface area contributed by atoms with Gasteiger partial charge in [-0.15, -0.1) is 22.7 Å². The Morgan fingerprint density at radius 2 is 1.12 bits per heavy atom. The van der Waals surface area contributed by atoms with E-state index in [0.29, 0.717) is 0 Å². The summed E-state index contributed by atoms with van der Waals surface area (Å²) >= 11 is 4.76. The second-order valence-corrected chi connectivity index (χ2v) is 11.1. The van der Waals surface area contributed by atoms with Gasteiger partial charge in [-0.25, -0.2) is 0 Å². The highest BCUT2D eigenvalue weighted by atomic mass is 32.2. The minimum atomic E-state index is 0.729. The molecular formula is C28H17NO2S3. The smallest absolute Gasteiger partial charge is 0.160 e. The number of hydrogen-bond acceptors (Lipinski definition) is 6. The molecule has 5 aromatic rings. The molecule has 0 spiro atoms. The Bertz CT molecular complexity index is 1440. The molecule has 0 aliphatic carbocycles. The molecule has 0 N–H and O–H groups in total. The zero-order chi connectivity index (χ0) is 23.1. The van der Waals surface area contributed by atoms with Gasteiger partial charge in [-0.05, 0) is 71.8 Å². The van der Waals surface area contributed by atoms with Crippen molar-refractivity contribution in [2.75, 3.05) is 4.90 Å². The van der Waals surface area contributed by atoms with E-state index in [4.69, 9.17) is 0 Å². The summed E-state index contributed by atoms with van der Waals surface area (Å²) in [4.78, 5) is 30.6. The Hall–Kier alpha value is -3.45. The molecule has 1 aliphatic rings. The van der Waals surface area contributed by atoms with E-state index in [1.165, 1.54) is 22.7 Å². The fourth-order valence-corrected chi connectivity index (χ4v) is 6.89. The lowest BCUT2D eigenvalue weighted by Crippen LogP contribution is -2.14. The van der Waals surface area contributed by atoms with Gasteiger partial charge >= 0.3 is 0 Å². The maximum atomic E-state index is 11.2. The van der Waals surface area contributed by atoms with Crippen molar-refractivity contribution in [3.63, 3.8) is 0 Å². The zero-order valence-electron chi connectivity index (χ0n) is 17.8. The van der Waals surface area contributed by atoms with Gasteiger partial charge < -0.3 is 4.90 Å². The van der Waals surface area contributed by atoms with E-state index in [1.807, 2.05) is 30.3 Å². The first-order chi connectivity index (χ1) is 16.7. The van der Waals surface area contributed by atoms with Gasteiger partial charge in [0.2, 0.25) is 0 Å². The van der Waals surface area contributed by atoms with Crippen molar-refractivity contribution in [2.45, 2.75) is 9.79 Å². The first kappa shape index (κ1) is 21.1. The number of thiophene rings is 2. The third-order valence-electron chi connectivity index (χ3n) is 5.69. The fourth-order valence-electron chi connectivity index (χ4n) is 4.11. The minimum Gasteiger partial charge on any atom is -0.308 e. The molecule has 3 nitrogen and oxygen atoms in total. The summed E-state index contributed by atoms with van der Waals surface area (Å²) in [5.41, 5.74) is 5.57. The summed E-state index contributed by atoms with van der Waals surface area (Å²) in [5, 5.41) is 0. The summed E-state index contributed by atoms with van der Waals surface area (Å²) < 4.78 is 0. The van der Waals surface area contributed by atoms with Gasteiger partial charge in [0.05, 0.1) is 21.1 Å². The largest absolute Gasteiger partial charge is 0.308 e. The van der Waals surface area contributed by atoms with Crippen LogP contribution in [0.25, 0.3) is 20.9 Å². The van der Waals surface area contributed by atoms with Gasteiger partial charge in [-0.1, -0.05) is 42.1 Å². The van der Waals surface area contributed by atoms with E-state index < -0.39 is 0 Å². The summed E-state index contributed by atoms with van der Waals surface area (Å²) in [6.45, 7) is 0. The molecule has 6 heteroatoms. The maximum absolute atomic E-state index is 11.2. The highest BCUT2D eigenvalue weighted by Crippen LogP contribution is 2.53. The van der Waals surface area contributed by atoms with E-state index in [2.05, 4.69) is 65.6 Å². The second kappa shape index (κ2) is 8.72. The van der Waals surface area contributed by atoms with Crippen LogP contribution in [0.2, 0.25) is 0 Å². The molecule has 0 saturated carbocycles. The Kier molecular flexibility index (Phi) is 5.41. The number of carbonyl (C=O) groups excluding carboxylic acids is 2. The number of rotatable bonds is 5. The van der Waals surface area contributed by atoms with E-state index in [-0.39, 0.29) is 0 Å². The van der Waals surface area contributed by atoms with E-state index in [9.17, 15) is 9.59 Å². The van der Waals surface area contributed by atoms with Gasteiger partial charge in [0.25, 0.3) is 0 Å². The Morgan fingerprint density at radius 1 is 0.588 bits per heavy atom. The standard InChI is InChI=1S/C28H17NO2S3/c30-16-21-8-12-25(32-21)18-6-10-23-27(14-18)34-28-15-19(26-13-9-22(17-31)33-26)7-11-24(28)29(23)20-4-2-1-3-5-20/h1-17H. The Morgan fingerprint density at radius 3 is 1.59 bits per heavy atom. The molecule has 0 saturated heterocycles. The van der Waals surface area contributed by atoms with Crippen LogP contribution in [0.1, 0.15) is 19.3 Å². The summed E-state index contributed by atoms with van der Waals surface area (Å²) in [6, 6.07) is 31.1. The van der Waals surface area contributed by atoms with Crippen LogP contribution in [0.4, 0.5) is 17.1 Å². The molecule has 6 rings (SSSR count). The van der Waals surface area contributed by atoms with Crippen LogP contribution < -0.4 is 4.90 Å². The van der Waals surface area contributed by atoms with Crippen molar-refractivity contribution in [3.8, 4) is 20.9 Å². The van der Waals surface area contributed by atoms with Crippen LogP contribution in [-0.2, 0) is 0 Å². The van der Waals surface area contributed by atoms with Gasteiger partial charge in [-0.3, -0.25) is 9.59 Å². The Labute approximate surface area is 209 Å². The number of benzene rings is 3. The zero-order valence-corrected chi connectivity index (χ0v) is 20.3. The summed E-state index contributed by atoms with van der Waals surface area (Å²) in [6.07, 6.45) is 1.80. The molecule has 0 unspecified atom stereocenters. The minimum absolute atomic E-state index is 0.729. The topological polar surface area (TPSA) is 37.4 Å². The monoisotopic (exact) mass is 495 g/mol. The number of anilines is 3. The van der Waals surface area contributed by atoms with Crippen molar-refractivity contribution >= 4 is 64.1 Å². The molecule has 0 bridgehead atoms. The van der Waals surface area contributed by atoms with Gasteiger partial charge in [-0.2, -0.15) is 0 Å². The summed E-state index contributed by atoms with van der Waals surface area (Å²) in [7, 11) is 0. The van der Waals surface area contributed by atoms with E-state index in [0.717, 1.165) is 70.1 Å². The van der Waals surface area contributed by atoms with Gasteiger partial charge in [0.1, 0.15) is 0 Å². The van der Waals surface area contributed by atoms with Crippen LogP contribution >= 0.6 is 34.4 Å². The third kappa shape index (κ3) is 3.70. The lowest BCUT2D eigenvalue weighted by molar-refractivity contribution is 0.111. The fraction of sp³-hybridized carbons (Fsp3) is 0. The van der Waals surface area contributed by atoms with Crippen LogP contribution in [0.5, 0.6) is 0 Å². The van der Waals surface area contributed by atoms with Crippen molar-refractivity contribution in [2.24, 2.45) is 0 Å². The molecule has 0 atom stereocenters. The molecule has 34 heavy (non-hydrogen) atoms. The molecule has 1 aliphatic heterocycles. The SMILES string of the molecule is O=Cc1ccc(-c2ccc3c(c2)Sc2cc(-c4ccc(C=O)s4)ccc2N3c2ccccc2)s1. The highest BCUT2D eigenvalue weighted by molar-refractivity contribution is 7.99. The van der Waals surface area contributed by atoms with Crippen molar-refractivity contribution in [1.82, 2.24) is 0 Å². The third-order valence-corrected chi connectivity index (χ3v) is 8.90. The first-order valence-corrected chi connectivity index (χ1v) is 13.1. The number of para-hydroxylation sites is 1. The maximum Gasteiger partial charge on any atom is 0.160 e. The number of carbonyl (C=O) groups is 2. The molecule has 3 heterocycles. The van der Waals surface area contributed by atoms with E-state index >= 15 is 0 Å². The van der Waals surface area contributed by atoms with E-state index in [1.54, 1.807) is 11.8 Å². The molecule has 3 aromatic carbocycles. The number of hydrogen-bond donors (Lipinski definition) is 0. The highest BCUT2D eigenvalue weighted by Gasteiger charge is 2.26. The first-order valence-electron chi connectivity index (χ1n) is 10.7. The number of fused-ring (bicyclic) bond motifs is 2. The van der Waals surface area contributed by atoms with Crippen LogP contribution in [0, 0.1) is 0 Å². The molecule has 0 amide bonds. The molecule has 0 fully saturated rings. The molecule has 0 radical (unpaired) electrons. The van der Waals surface area contributed by atoms with Crippen LogP contribution in [0.15, 0.2) is 101 Å². The molecule has 164 valence electrons. The van der Waals surface area contributed by atoms with Crippen molar-refractivity contribution < 1.29 is 9.59 Å². The average molecular weight is 496 g/mol. The number of nitrogens with zero attached hydrogens (tertiary/aromatic N) is 1. The number of aldehydes is 2. The lowest BCUT2D eigenvalue weighted by Gasteiger charge is -2.33.